The number of rotatable bonds is 5. The second kappa shape index (κ2) is 5.73. The van der Waals surface area contributed by atoms with Gasteiger partial charge >= 0.3 is 0 Å². The Morgan fingerprint density at radius 3 is 2.85 bits per heavy atom. The highest BCUT2D eigenvalue weighted by Gasteiger charge is 2.18. The Hall–Kier alpha value is -2.37. The van der Waals surface area contributed by atoms with Gasteiger partial charge in [-0.1, -0.05) is 13.3 Å². The molecule has 1 heterocycles. The molecule has 0 saturated heterocycles. The molecule has 6 heteroatoms. The number of nitrogens with zero attached hydrogens (tertiary/aromatic N) is 2. The van der Waals surface area contributed by atoms with E-state index in [4.69, 9.17) is 4.74 Å². The number of nitro benzene ring substituents is 1. The molecule has 1 N–H and O–H groups in total. The molecular formula is C14H16N2O4. The zero-order valence-electron chi connectivity index (χ0n) is 11.4. The molecule has 2 aromatic rings. The maximum absolute atomic E-state index is 11.1. The number of non-ortho nitro benzene ring substituents is 1. The number of nitro groups is 1. The first kappa shape index (κ1) is 14.0. The monoisotopic (exact) mass is 276 g/mol. The van der Waals surface area contributed by atoms with Gasteiger partial charge in [-0.3, -0.25) is 10.1 Å². The molecule has 0 aliphatic rings. The number of aromatic nitrogens is 1. The van der Waals surface area contributed by atoms with E-state index in [1.807, 2.05) is 6.92 Å². The minimum Gasteiger partial charge on any atom is -0.505 e. The predicted octanol–water partition coefficient (Wildman–Crippen LogP) is 3.34. The molecule has 0 aliphatic heterocycles. The summed E-state index contributed by atoms with van der Waals surface area (Å²) in [6.07, 6.45) is 3.38. The minimum absolute atomic E-state index is 0.0364. The van der Waals surface area contributed by atoms with E-state index in [0.29, 0.717) is 17.9 Å². The van der Waals surface area contributed by atoms with Crippen molar-refractivity contribution in [3.63, 3.8) is 0 Å². The summed E-state index contributed by atoms with van der Waals surface area (Å²) in [7, 11) is 0. The van der Waals surface area contributed by atoms with Crippen LogP contribution in [0.2, 0.25) is 0 Å². The molecule has 0 atom stereocenters. The van der Waals surface area contributed by atoms with Crippen molar-refractivity contribution in [1.82, 2.24) is 4.98 Å². The summed E-state index contributed by atoms with van der Waals surface area (Å²) in [5.74, 6) is 0.433. The van der Waals surface area contributed by atoms with Crippen molar-refractivity contribution in [2.24, 2.45) is 0 Å². The largest absolute Gasteiger partial charge is 0.505 e. The van der Waals surface area contributed by atoms with Gasteiger partial charge in [0.1, 0.15) is 17.0 Å². The van der Waals surface area contributed by atoms with E-state index in [1.54, 1.807) is 13.0 Å². The van der Waals surface area contributed by atoms with Gasteiger partial charge in [0.15, 0.2) is 0 Å². The number of unbranched alkanes of at least 4 members (excludes halogenated alkanes) is 1. The first-order valence-corrected chi connectivity index (χ1v) is 6.44. The first-order chi connectivity index (χ1) is 9.54. The highest BCUT2D eigenvalue weighted by molar-refractivity contribution is 5.94. The normalized spacial score (nSPS) is 10.7. The van der Waals surface area contributed by atoms with E-state index >= 15 is 0 Å². The van der Waals surface area contributed by atoms with Gasteiger partial charge in [-0.15, -0.1) is 0 Å². The third-order valence-corrected chi connectivity index (χ3v) is 3.05. The van der Waals surface area contributed by atoms with Crippen molar-refractivity contribution in [2.45, 2.75) is 26.7 Å². The lowest BCUT2D eigenvalue weighted by Gasteiger charge is -2.08. The second-order valence-corrected chi connectivity index (χ2v) is 4.59. The summed E-state index contributed by atoms with van der Waals surface area (Å²) >= 11 is 0. The summed E-state index contributed by atoms with van der Waals surface area (Å²) < 4.78 is 5.49. The fraction of sp³-hybridized carbons (Fsp3) is 0.357. The van der Waals surface area contributed by atoms with E-state index < -0.39 is 4.92 Å². The van der Waals surface area contributed by atoms with E-state index in [9.17, 15) is 15.2 Å². The molecule has 0 unspecified atom stereocenters. The van der Waals surface area contributed by atoms with Gasteiger partial charge in [0.05, 0.1) is 23.1 Å². The molecule has 106 valence electrons. The van der Waals surface area contributed by atoms with Crippen molar-refractivity contribution in [2.75, 3.05) is 6.61 Å². The number of aromatic hydroxyl groups is 1. The van der Waals surface area contributed by atoms with Gasteiger partial charge < -0.3 is 9.84 Å². The summed E-state index contributed by atoms with van der Waals surface area (Å²) in [6, 6.07) is 2.89. The quantitative estimate of drug-likeness (QED) is 0.514. The zero-order chi connectivity index (χ0) is 14.7. The van der Waals surface area contributed by atoms with Crippen LogP contribution in [0, 0.1) is 17.0 Å². The maximum Gasteiger partial charge on any atom is 0.279 e. The molecule has 2 rings (SSSR count). The average Bonchev–Trinajstić information content (AvgIpc) is 2.42. The summed E-state index contributed by atoms with van der Waals surface area (Å²) in [5.41, 5.74) is 0.569. The van der Waals surface area contributed by atoms with E-state index in [0.717, 1.165) is 12.8 Å². The lowest BCUT2D eigenvalue weighted by Crippen LogP contribution is -1.98. The fourth-order valence-electron chi connectivity index (χ4n) is 1.93. The summed E-state index contributed by atoms with van der Waals surface area (Å²) in [6.45, 7) is 4.19. The molecule has 0 spiro atoms. The number of hydrogen-bond acceptors (Lipinski definition) is 5. The second-order valence-electron chi connectivity index (χ2n) is 4.59. The van der Waals surface area contributed by atoms with E-state index in [1.165, 1.54) is 12.3 Å². The van der Waals surface area contributed by atoms with Crippen LogP contribution in [-0.2, 0) is 0 Å². The number of ether oxygens (including phenoxy) is 1. The van der Waals surface area contributed by atoms with Gasteiger partial charge in [-0.25, -0.2) is 4.98 Å². The Morgan fingerprint density at radius 1 is 1.45 bits per heavy atom. The number of benzene rings is 1. The predicted molar refractivity (Wildman–Crippen MR) is 75.2 cm³/mol. The first-order valence-electron chi connectivity index (χ1n) is 6.44. The van der Waals surface area contributed by atoms with Crippen molar-refractivity contribution in [3.05, 3.63) is 34.0 Å². The van der Waals surface area contributed by atoms with Gasteiger partial charge in [0.25, 0.3) is 5.69 Å². The van der Waals surface area contributed by atoms with Crippen LogP contribution in [0.1, 0.15) is 25.3 Å². The Bertz CT molecular complexity index is 655. The van der Waals surface area contributed by atoms with Crippen molar-refractivity contribution in [1.29, 1.82) is 0 Å². The molecule has 0 amide bonds. The highest BCUT2D eigenvalue weighted by atomic mass is 16.6. The number of hydrogen-bond donors (Lipinski definition) is 1. The molecule has 20 heavy (non-hydrogen) atoms. The lowest BCUT2D eigenvalue weighted by atomic mass is 10.1. The third-order valence-electron chi connectivity index (χ3n) is 3.05. The molecule has 0 fully saturated rings. The van der Waals surface area contributed by atoms with E-state index in [-0.39, 0.29) is 22.3 Å². The molecule has 0 bridgehead atoms. The Kier molecular flexibility index (Phi) is 4.02. The standard InChI is InChI=1S/C14H16N2O4/c1-3-4-5-20-10-7-11-12(16(18)19)6-9(2)14(17)13(11)15-8-10/h6-8,17H,3-5H2,1-2H3. The molecule has 1 aromatic carbocycles. The number of fused-ring (bicyclic) bond motifs is 1. The van der Waals surface area contributed by atoms with Crippen LogP contribution < -0.4 is 4.74 Å². The third kappa shape index (κ3) is 2.64. The van der Waals surface area contributed by atoms with Crippen LogP contribution in [-0.4, -0.2) is 21.6 Å². The molecule has 0 radical (unpaired) electrons. The summed E-state index contributed by atoms with van der Waals surface area (Å²) in [5, 5.41) is 21.3. The van der Waals surface area contributed by atoms with E-state index in [2.05, 4.69) is 4.98 Å². The number of aryl methyl sites for hydroxylation is 1. The molecule has 6 nitrogen and oxygen atoms in total. The van der Waals surface area contributed by atoms with Crippen LogP contribution in [0.15, 0.2) is 18.3 Å². The van der Waals surface area contributed by atoms with Gasteiger partial charge in [-0.05, 0) is 25.0 Å². The van der Waals surface area contributed by atoms with Crippen molar-refractivity contribution >= 4 is 16.6 Å². The van der Waals surface area contributed by atoms with Gasteiger partial charge in [0.2, 0.25) is 0 Å². The molecular weight excluding hydrogens is 260 g/mol. The van der Waals surface area contributed by atoms with Gasteiger partial charge in [-0.2, -0.15) is 0 Å². The molecule has 0 saturated carbocycles. The van der Waals surface area contributed by atoms with Gasteiger partial charge in [0, 0.05) is 6.07 Å². The number of phenolic OH excluding ortho intramolecular Hbond substituents is 1. The number of pyridine rings is 1. The Morgan fingerprint density at radius 2 is 2.20 bits per heavy atom. The maximum atomic E-state index is 11.1. The number of phenols is 1. The molecule has 0 aliphatic carbocycles. The van der Waals surface area contributed by atoms with Crippen LogP contribution in [0.25, 0.3) is 10.9 Å². The zero-order valence-corrected chi connectivity index (χ0v) is 11.4. The van der Waals surface area contributed by atoms with Crippen molar-refractivity contribution in [3.8, 4) is 11.5 Å². The Labute approximate surface area is 116 Å². The molecule has 1 aromatic heterocycles. The SMILES string of the molecule is CCCCOc1cnc2c(O)c(C)cc([N+](=O)[O-])c2c1. The van der Waals surface area contributed by atoms with Crippen LogP contribution >= 0.6 is 0 Å². The highest BCUT2D eigenvalue weighted by Crippen LogP contribution is 2.35. The topological polar surface area (TPSA) is 85.5 Å². The summed E-state index contributed by atoms with van der Waals surface area (Å²) in [4.78, 5) is 14.7. The smallest absolute Gasteiger partial charge is 0.279 e. The lowest BCUT2D eigenvalue weighted by molar-refractivity contribution is -0.383. The van der Waals surface area contributed by atoms with Crippen LogP contribution in [0.3, 0.4) is 0 Å². The van der Waals surface area contributed by atoms with Crippen LogP contribution in [0.4, 0.5) is 5.69 Å². The fourth-order valence-corrected chi connectivity index (χ4v) is 1.93. The van der Waals surface area contributed by atoms with Crippen LogP contribution in [0.5, 0.6) is 11.5 Å². The van der Waals surface area contributed by atoms with Crippen molar-refractivity contribution < 1.29 is 14.8 Å². The Balaban J connectivity index is 2.51. The average molecular weight is 276 g/mol. The minimum atomic E-state index is -0.480.